The summed E-state index contributed by atoms with van der Waals surface area (Å²) in [5.74, 6) is 1.24. The normalized spacial score (nSPS) is 11.1. The van der Waals surface area contributed by atoms with Gasteiger partial charge in [-0.2, -0.15) is 0 Å². The Kier molecular flexibility index (Phi) is 4.52. The maximum atomic E-state index is 12.7. The molecular weight excluding hydrogens is 261 g/mol. The highest BCUT2D eigenvalue weighted by molar-refractivity contribution is 7.99. The number of benzene rings is 1. The van der Waals surface area contributed by atoms with Gasteiger partial charge in [0.25, 0.3) is 0 Å². The van der Waals surface area contributed by atoms with Crippen molar-refractivity contribution < 1.29 is 4.39 Å². The monoisotopic (exact) mass is 275 g/mol. The molecule has 0 aliphatic heterocycles. The second kappa shape index (κ2) is 6.33. The second-order valence-corrected chi connectivity index (χ2v) is 5.08. The molecule has 2 aromatic rings. The van der Waals surface area contributed by atoms with Crippen LogP contribution in [0.1, 0.15) is 18.3 Å². The Bertz CT molecular complexity index is 587. The molecule has 5 heteroatoms. The summed E-state index contributed by atoms with van der Waals surface area (Å²) in [7, 11) is 0. The Morgan fingerprint density at radius 2 is 2.11 bits per heavy atom. The molecule has 1 heterocycles. The average molecular weight is 275 g/mol. The van der Waals surface area contributed by atoms with E-state index in [0.29, 0.717) is 11.0 Å². The number of aromatic amines is 1. The van der Waals surface area contributed by atoms with Gasteiger partial charge in [-0.25, -0.2) is 9.37 Å². The number of aromatic nitrogens is 3. The van der Waals surface area contributed by atoms with Crippen molar-refractivity contribution in [1.82, 2.24) is 15.2 Å². The van der Waals surface area contributed by atoms with Crippen LogP contribution < -0.4 is 0 Å². The largest absolute Gasteiger partial charge is 0.259 e. The van der Waals surface area contributed by atoms with E-state index in [1.807, 2.05) is 19.1 Å². The van der Waals surface area contributed by atoms with E-state index in [1.54, 1.807) is 12.1 Å². The number of rotatable bonds is 5. The van der Waals surface area contributed by atoms with E-state index >= 15 is 0 Å². The first-order valence-electron chi connectivity index (χ1n) is 5.77. The Morgan fingerprint density at radius 3 is 2.79 bits per heavy atom. The first kappa shape index (κ1) is 13.5. The minimum Gasteiger partial charge on any atom is -0.259 e. The molecule has 1 aromatic carbocycles. The van der Waals surface area contributed by atoms with Crippen LogP contribution in [0.4, 0.5) is 4.39 Å². The van der Waals surface area contributed by atoms with Crippen molar-refractivity contribution in [3.63, 3.8) is 0 Å². The lowest BCUT2D eigenvalue weighted by Crippen LogP contribution is -1.81. The number of nitrogens with one attached hydrogen (secondary N) is 1. The molecule has 2 rings (SSSR count). The molecule has 0 saturated carbocycles. The maximum absolute atomic E-state index is 12.7. The van der Waals surface area contributed by atoms with E-state index in [4.69, 9.17) is 0 Å². The molecule has 0 saturated heterocycles. The molecule has 19 heavy (non-hydrogen) atoms. The number of H-pyrrole nitrogens is 1. The average Bonchev–Trinajstić information content (AvgIpc) is 2.84. The zero-order chi connectivity index (χ0) is 13.7. The molecular formula is C14H14FN3S. The van der Waals surface area contributed by atoms with E-state index < -0.39 is 0 Å². The standard InChI is InChI=1S/C14H14FN3S/c1-10(2)9-19-14-16-13(17-18-14)8-5-11-3-6-12(15)7-4-11/h3-8H,1,9H2,2H3,(H,16,17,18)/b8-5+. The smallest absolute Gasteiger partial charge is 0.209 e. The van der Waals surface area contributed by atoms with Crippen LogP contribution in [-0.4, -0.2) is 20.9 Å². The minimum atomic E-state index is -0.240. The molecule has 0 amide bonds. The Labute approximate surface area is 115 Å². The van der Waals surface area contributed by atoms with Gasteiger partial charge in [-0.15, -0.1) is 5.10 Å². The third kappa shape index (κ3) is 4.37. The summed E-state index contributed by atoms with van der Waals surface area (Å²) >= 11 is 1.54. The van der Waals surface area contributed by atoms with Gasteiger partial charge < -0.3 is 0 Å². The second-order valence-electron chi connectivity index (χ2n) is 4.13. The van der Waals surface area contributed by atoms with Crippen LogP contribution in [0.2, 0.25) is 0 Å². The van der Waals surface area contributed by atoms with E-state index in [2.05, 4.69) is 21.8 Å². The highest BCUT2D eigenvalue weighted by atomic mass is 32.2. The molecule has 3 nitrogen and oxygen atoms in total. The van der Waals surface area contributed by atoms with Crippen LogP contribution in [0.25, 0.3) is 12.2 Å². The van der Waals surface area contributed by atoms with Crippen LogP contribution in [0.5, 0.6) is 0 Å². The van der Waals surface area contributed by atoms with Gasteiger partial charge in [0.05, 0.1) is 0 Å². The van der Waals surface area contributed by atoms with Crippen LogP contribution in [0, 0.1) is 5.82 Å². The Balaban J connectivity index is 1.99. The number of halogens is 1. The molecule has 98 valence electrons. The summed E-state index contributed by atoms with van der Waals surface area (Å²) in [4.78, 5) is 4.31. The number of nitrogens with zero attached hydrogens (tertiary/aromatic N) is 2. The maximum Gasteiger partial charge on any atom is 0.209 e. The lowest BCUT2D eigenvalue weighted by atomic mass is 10.2. The first-order valence-corrected chi connectivity index (χ1v) is 6.75. The van der Waals surface area contributed by atoms with Gasteiger partial charge >= 0.3 is 0 Å². The van der Waals surface area contributed by atoms with Gasteiger partial charge in [-0.1, -0.05) is 42.1 Å². The van der Waals surface area contributed by atoms with E-state index in [-0.39, 0.29) is 5.82 Å². The molecule has 0 fully saturated rings. The third-order valence-corrected chi connectivity index (χ3v) is 3.31. The van der Waals surface area contributed by atoms with Crippen molar-refractivity contribution in [3.8, 4) is 0 Å². The SMILES string of the molecule is C=C(C)CSc1n[nH]c(/C=C/c2ccc(F)cc2)n1. The summed E-state index contributed by atoms with van der Waals surface area (Å²) < 4.78 is 12.7. The van der Waals surface area contributed by atoms with Crippen molar-refractivity contribution in [3.05, 3.63) is 53.6 Å². The molecule has 1 aromatic heterocycles. The zero-order valence-electron chi connectivity index (χ0n) is 10.6. The van der Waals surface area contributed by atoms with Crippen LogP contribution in [0.15, 0.2) is 41.6 Å². The Hall–Kier alpha value is -1.88. The first-order chi connectivity index (χ1) is 9.13. The minimum absolute atomic E-state index is 0.240. The van der Waals surface area contributed by atoms with Crippen molar-refractivity contribution >= 4 is 23.9 Å². The zero-order valence-corrected chi connectivity index (χ0v) is 11.4. The molecule has 0 atom stereocenters. The van der Waals surface area contributed by atoms with Crippen molar-refractivity contribution in [2.24, 2.45) is 0 Å². The number of hydrogen-bond donors (Lipinski definition) is 1. The van der Waals surface area contributed by atoms with Crippen LogP contribution in [0.3, 0.4) is 0 Å². The van der Waals surface area contributed by atoms with Gasteiger partial charge in [-0.05, 0) is 30.7 Å². The van der Waals surface area contributed by atoms with Crippen molar-refractivity contribution in [1.29, 1.82) is 0 Å². The van der Waals surface area contributed by atoms with Gasteiger partial charge in [0.2, 0.25) is 5.16 Å². The van der Waals surface area contributed by atoms with E-state index in [0.717, 1.165) is 16.9 Å². The highest BCUT2D eigenvalue weighted by Gasteiger charge is 2.01. The van der Waals surface area contributed by atoms with Gasteiger partial charge in [0, 0.05) is 5.75 Å². The lowest BCUT2D eigenvalue weighted by molar-refractivity contribution is 0.628. The predicted molar refractivity (Wildman–Crippen MR) is 77.2 cm³/mol. The summed E-state index contributed by atoms with van der Waals surface area (Å²) in [5, 5.41) is 7.62. The number of hydrogen-bond acceptors (Lipinski definition) is 3. The molecule has 0 radical (unpaired) electrons. The molecule has 0 aliphatic carbocycles. The fraction of sp³-hybridized carbons (Fsp3) is 0.143. The van der Waals surface area contributed by atoms with E-state index in [1.165, 1.54) is 23.9 Å². The quantitative estimate of drug-likeness (QED) is 0.667. The third-order valence-electron chi connectivity index (χ3n) is 2.23. The molecule has 1 N–H and O–H groups in total. The lowest BCUT2D eigenvalue weighted by Gasteiger charge is -1.93. The summed E-state index contributed by atoms with van der Waals surface area (Å²) in [5.41, 5.74) is 1.99. The van der Waals surface area contributed by atoms with Crippen LogP contribution >= 0.6 is 11.8 Å². The predicted octanol–water partition coefficient (Wildman–Crippen LogP) is 3.78. The van der Waals surface area contributed by atoms with Gasteiger partial charge in [-0.3, -0.25) is 5.10 Å². The van der Waals surface area contributed by atoms with Gasteiger partial charge in [0.1, 0.15) is 11.6 Å². The molecule has 0 bridgehead atoms. The van der Waals surface area contributed by atoms with Crippen LogP contribution in [-0.2, 0) is 0 Å². The number of thioether (sulfide) groups is 1. The van der Waals surface area contributed by atoms with E-state index in [9.17, 15) is 4.39 Å². The fourth-order valence-corrected chi connectivity index (χ4v) is 1.98. The van der Waals surface area contributed by atoms with Crippen molar-refractivity contribution in [2.45, 2.75) is 12.1 Å². The molecule has 0 unspecified atom stereocenters. The fourth-order valence-electron chi connectivity index (χ4n) is 1.33. The summed E-state index contributed by atoms with van der Waals surface area (Å²) in [6, 6.07) is 6.26. The van der Waals surface area contributed by atoms with Crippen molar-refractivity contribution in [2.75, 3.05) is 5.75 Å². The Morgan fingerprint density at radius 1 is 1.37 bits per heavy atom. The topological polar surface area (TPSA) is 41.6 Å². The molecule has 0 aliphatic rings. The van der Waals surface area contributed by atoms with Gasteiger partial charge in [0.15, 0.2) is 0 Å². The highest BCUT2D eigenvalue weighted by Crippen LogP contribution is 2.15. The summed E-state index contributed by atoms with van der Waals surface area (Å²) in [6.45, 7) is 5.80. The molecule has 0 spiro atoms. The summed E-state index contributed by atoms with van der Waals surface area (Å²) in [6.07, 6.45) is 3.66.